The van der Waals surface area contributed by atoms with Crippen molar-refractivity contribution in [3.63, 3.8) is 0 Å². The van der Waals surface area contributed by atoms with Crippen LogP contribution in [0, 0.1) is 10.1 Å². The second kappa shape index (κ2) is 10.2. The smallest absolute Gasteiger partial charge is 0.353 e. The first-order valence-electron chi connectivity index (χ1n) is 10.4. The molecule has 0 aliphatic heterocycles. The van der Waals surface area contributed by atoms with Crippen LogP contribution in [0.1, 0.15) is 27.5 Å². The van der Waals surface area contributed by atoms with E-state index >= 15 is 0 Å². The van der Waals surface area contributed by atoms with E-state index in [4.69, 9.17) is 4.74 Å². The normalized spacial score (nSPS) is 10.5. The highest BCUT2D eigenvalue weighted by Gasteiger charge is 2.27. The Balaban J connectivity index is 1.76. The molecule has 0 saturated carbocycles. The first kappa shape index (κ1) is 22.4. The van der Waals surface area contributed by atoms with Gasteiger partial charge < -0.3 is 15.4 Å². The standard InChI is InChI=1S/C25H21N5O4/c1-34-25(31)19-14-8-9-15-20(19)28-23-22(30(32)33)24(27-16-26-23)29-21(17-10-4-2-5-11-17)18-12-6-3-7-13-18/h2-16,21H,1H3,(H2,26,27,28,29). The lowest BCUT2D eigenvalue weighted by molar-refractivity contribution is -0.383. The molecule has 0 amide bonds. The highest BCUT2D eigenvalue weighted by atomic mass is 16.6. The van der Waals surface area contributed by atoms with Crippen molar-refractivity contribution >= 4 is 29.0 Å². The number of aromatic nitrogens is 2. The fraction of sp³-hybridized carbons (Fsp3) is 0.0800. The molecule has 0 bridgehead atoms. The molecular weight excluding hydrogens is 434 g/mol. The van der Waals surface area contributed by atoms with Crippen LogP contribution in [-0.2, 0) is 4.74 Å². The molecule has 0 radical (unpaired) electrons. The number of carbonyl (C=O) groups is 1. The zero-order valence-corrected chi connectivity index (χ0v) is 18.2. The van der Waals surface area contributed by atoms with Crippen molar-refractivity contribution in [2.24, 2.45) is 0 Å². The van der Waals surface area contributed by atoms with E-state index in [1.165, 1.54) is 13.4 Å². The predicted molar refractivity (Wildman–Crippen MR) is 128 cm³/mol. The largest absolute Gasteiger partial charge is 0.465 e. The van der Waals surface area contributed by atoms with E-state index in [2.05, 4.69) is 20.6 Å². The minimum Gasteiger partial charge on any atom is -0.465 e. The van der Waals surface area contributed by atoms with Crippen LogP contribution < -0.4 is 10.6 Å². The van der Waals surface area contributed by atoms with Crippen molar-refractivity contribution in [2.45, 2.75) is 6.04 Å². The number of anilines is 3. The van der Waals surface area contributed by atoms with Gasteiger partial charge in [0.2, 0.25) is 11.6 Å². The van der Waals surface area contributed by atoms with Gasteiger partial charge in [-0.3, -0.25) is 10.1 Å². The van der Waals surface area contributed by atoms with Crippen LogP contribution in [0.4, 0.5) is 23.0 Å². The van der Waals surface area contributed by atoms with Crippen molar-refractivity contribution in [3.8, 4) is 0 Å². The first-order chi connectivity index (χ1) is 16.6. The summed E-state index contributed by atoms with van der Waals surface area (Å²) < 4.78 is 4.81. The van der Waals surface area contributed by atoms with Crippen LogP contribution >= 0.6 is 0 Å². The van der Waals surface area contributed by atoms with Gasteiger partial charge in [-0.2, -0.15) is 0 Å². The minimum absolute atomic E-state index is 0.0377. The third kappa shape index (κ3) is 4.83. The van der Waals surface area contributed by atoms with Gasteiger partial charge in [-0.25, -0.2) is 14.8 Å². The van der Waals surface area contributed by atoms with Gasteiger partial charge in [0.05, 0.1) is 29.3 Å². The average Bonchev–Trinajstić information content (AvgIpc) is 2.88. The lowest BCUT2D eigenvalue weighted by Crippen LogP contribution is -2.15. The maximum absolute atomic E-state index is 12.1. The summed E-state index contributed by atoms with van der Waals surface area (Å²) in [6.45, 7) is 0. The van der Waals surface area contributed by atoms with Crippen LogP contribution in [0.5, 0.6) is 0 Å². The van der Waals surface area contributed by atoms with Crippen molar-refractivity contribution in [3.05, 3.63) is 118 Å². The molecule has 1 aromatic heterocycles. The fourth-order valence-electron chi connectivity index (χ4n) is 3.54. The molecule has 0 fully saturated rings. The Kier molecular flexibility index (Phi) is 6.73. The zero-order valence-electron chi connectivity index (χ0n) is 18.2. The highest BCUT2D eigenvalue weighted by Crippen LogP contribution is 2.35. The van der Waals surface area contributed by atoms with E-state index in [0.717, 1.165) is 11.1 Å². The molecule has 0 aliphatic rings. The molecule has 2 N–H and O–H groups in total. The van der Waals surface area contributed by atoms with Gasteiger partial charge in [0.15, 0.2) is 0 Å². The van der Waals surface area contributed by atoms with Crippen molar-refractivity contribution in [1.82, 2.24) is 9.97 Å². The molecule has 4 rings (SSSR count). The zero-order chi connectivity index (χ0) is 23.9. The Labute approximate surface area is 195 Å². The summed E-state index contributed by atoms with van der Waals surface area (Å²) in [6.07, 6.45) is 1.23. The molecule has 0 unspecified atom stereocenters. The number of nitrogens with zero attached hydrogens (tertiary/aromatic N) is 3. The van der Waals surface area contributed by atoms with E-state index in [1.54, 1.807) is 24.3 Å². The Morgan fingerprint density at radius 1 is 0.882 bits per heavy atom. The van der Waals surface area contributed by atoms with E-state index in [0.29, 0.717) is 5.69 Å². The number of hydrogen-bond donors (Lipinski definition) is 2. The van der Waals surface area contributed by atoms with Gasteiger partial charge in [-0.05, 0) is 23.3 Å². The molecule has 9 heteroatoms. The Morgan fingerprint density at radius 2 is 1.44 bits per heavy atom. The maximum Gasteiger partial charge on any atom is 0.353 e. The quantitative estimate of drug-likeness (QED) is 0.214. The summed E-state index contributed by atoms with van der Waals surface area (Å²) in [5.74, 6) is -0.596. The van der Waals surface area contributed by atoms with Crippen LogP contribution in [0.3, 0.4) is 0 Å². The van der Waals surface area contributed by atoms with Gasteiger partial charge in [0, 0.05) is 0 Å². The second-order valence-electron chi connectivity index (χ2n) is 7.24. The van der Waals surface area contributed by atoms with E-state index in [1.807, 2.05) is 60.7 Å². The number of rotatable bonds is 8. The summed E-state index contributed by atoms with van der Waals surface area (Å²) in [7, 11) is 1.27. The fourth-order valence-corrected chi connectivity index (χ4v) is 3.54. The summed E-state index contributed by atoms with van der Waals surface area (Å²) in [6, 6.07) is 25.3. The van der Waals surface area contributed by atoms with E-state index in [9.17, 15) is 14.9 Å². The Hall–Kier alpha value is -4.79. The van der Waals surface area contributed by atoms with Crippen molar-refractivity contribution in [1.29, 1.82) is 0 Å². The Bertz CT molecular complexity index is 1260. The summed E-state index contributed by atoms with van der Waals surface area (Å²) in [4.78, 5) is 31.9. The molecule has 0 saturated heterocycles. The number of carbonyl (C=O) groups excluding carboxylic acids is 1. The van der Waals surface area contributed by atoms with Crippen molar-refractivity contribution < 1.29 is 14.5 Å². The van der Waals surface area contributed by atoms with Gasteiger partial charge in [0.1, 0.15) is 6.33 Å². The van der Waals surface area contributed by atoms with Crippen LogP contribution in [0.15, 0.2) is 91.3 Å². The highest BCUT2D eigenvalue weighted by molar-refractivity contribution is 5.96. The minimum atomic E-state index is -0.577. The molecule has 0 atom stereocenters. The lowest BCUT2D eigenvalue weighted by Gasteiger charge is -2.21. The molecule has 4 aromatic rings. The molecular formula is C25H21N5O4. The number of nitrogens with one attached hydrogen (secondary N) is 2. The van der Waals surface area contributed by atoms with Gasteiger partial charge >= 0.3 is 11.7 Å². The first-order valence-corrected chi connectivity index (χ1v) is 10.4. The number of methoxy groups -OCH3 is 1. The number of hydrogen-bond acceptors (Lipinski definition) is 8. The summed E-state index contributed by atoms with van der Waals surface area (Å²) in [5.41, 5.74) is 2.02. The van der Waals surface area contributed by atoms with E-state index in [-0.39, 0.29) is 22.9 Å². The second-order valence-corrected chi connectivity index (χ2v) is 7.24. The third-order valence-electron chi connectivity index (χ3n) is 5.14. The Morgan fingerprint density at radius 3 is 2.03 bits per heavy atom. The molecule has 1 heterocycles. The number of benzene rings is 3. The molecule has 0 aliphatic carbocycles. The molecule has 170 valence electrons. The number of para-hydroxylation sites is 1. The summed E-state index contributed by atoms with van der Waals surface area (Å²) >= 11 is 0. The van der Waals surface area contributed by atoms with Crippen molar-refractivity contribution in [2.75, 3.05) is 17.7 Å². The van der Waals surface area contributed by atoms with Crippen LogP contribution in [0.2, 0.25) is 0 Å². The SMILES string of the molecule is COC(=O)c1ccccc1Nc1ncnc(NC(c2ccccc2)c2ccccc2)c1[N+](=O)[O-]. The van der Waals surface area contributed by atoms with Crippen LogP contribution in [0.25, 0.3) is 0 Å². The monoisotopic (exact) mass is 455 g/mol. The lowest BCUT2D eigenvalue weighted by atomic mass is 9.99. The third-order valence-corrected chi connectivity index (χ3v) is 5.14. The molecule has 3 aromatic carbocycles. The van der Waals surface area contributed by atoms with E-state index < -0.39 is 16.9 Å². The number of ether oxygens (including phenoxy) is 1. The van der Waals surface area contributed by atoms with Crippen LogP contribution in [-0.4, -0.2) is 28.0 Å². The topological polar surface area (TPSA) is 119 Å². The van der Waals surface area contributed by atoms with Gasteiger partial charge in [-0.1, -0.05) is 72.8 Å². The summed E-state index contributed by atoms with van der Waals surface area (Å²) in [5, 5.41) is 18.2. The van der Waals surface area contributed by atoms with Gasteiger partial charge in [-0.15, -0.1) is 0 Å². The number of esters is 1. The predicted octanol–water partition coefficient (Wildman–Crippen LogP) is 5.12. The average molecular weight is 455 g/mol. The number of nitro groups is 1. The maximum atomic E-state index is 12.1. The molecule has 34 heavy (non-hydrogen) atoms. The van der Waals surface area contributed by atoms with Gasteiger partial charge in [0.25, 0.3) is 0 Å². The molecule has 9 nitrogen and oxygen atoms in total. The molecule has 0 spiro atoms.